The van der Waals surface area contributed by atoms with Crippen LogP contribution in [0.4, 0.5) is 0 Å². The molecule has 0 aliphatic heterocycles. The number of fused-ring (bicyclic) bond motifs is 1. The quantitative estimate of drug-likeness (QED) is 0.533. The van der Waals surface area contributed by atoms with E-state index >= 15 is 0 Å². The van der Waals surface area contributed by atoms with Crippen molar-refractivity contribution < 1.29 is 9.59 Å². The van der Waals surface area contributed by atoms with Gasteiger partial charge in [0.15, 0.2) is 0 Å². The number of aromatic nitrogens is 2. The van der Waals surface area contributed by atoms with Crippen molar-refractivity contribution >= 4 is 34.1 Å². The molecule has 0 fully saturated rings. The molecule has 1 aromatic carbocycles. The summed E-state index contributed by atoms with van der Waals surface area (Å²) in [4.78, 5) is 31.5. The van der Waals surface area contributed by atoms with Gasteiger partial charge >= 0.3 is 0 Å². The first-order valence-electron chi connectivity index (χ1n) is 7.82. The number of carbonyl (C=O) groups is 2. The number of primary amides is 1. The highest BCUT2D eigenvalue weighted by molar-refractivity contribution is 7.09. The lowest BCUT2D eigenvalue weighted by Crippen LogP contribution is -2.45. The van der Waals surface area contributed by atoms with Gasteiger partial charge in [-0.05, 0) is 18.6 Å². The first-order chi connectivity index (χ1) is 12.0. The summed E-state index contributed by atoms with van der Waals surface area (Å²) in [5, 5.41) is 5.95. The molecule has 0 spiro atoms. The number of aromatic amines is 1. The van der Waals surface area contributed by atoms with Crippen LogP contribution in [-0.2, 0) is 11.2 Å². The summed E-state index contributed by atoms with van der Waals surface area (Å²) in [6.45, 7) is 1.80. The summed E-state index contributed by atoms with van der Waals surface area (Å²) in [5.74, 6) is -1.03. The predicted molar refractivity (Wildman–Crippen MR) is 97.2 cm³/mol. The van der Waals surface area contributed by atoms with Crippen molar-refractivity contribution in [2.45, 2.75) is 25.4 Å². The first-order valence-corrected chi connectivity index (χ1v) is 8.70. The maximum Gasteiger partial charge on any atom is 0.271 e. The molecule has 130 valence electrons. The van der Waals surface area contributed by atoms with Gasteiger partial charge in [-0.15, -0.1) is 11.3 Å². The largest absolute Gasteiger partial charge is 0.368 e. The number of nitrogens with two attached hydrogens (primary N) is 2. The zero-order valence-corrected chi connectivity index (χ0v) is 14.5. The number of benzene rings is 1. The fourth-order valence-corrected chi connectivity index (χ4v) is 3.33. The molecule has 0 bridgehead atoms. The summed E-state index contributed by atoms with van der Waals surface area (Å²) in [7, 11) is 0. The number of carbonyl (C=O) groups excluding carboxylic acids is 2. The minimum Gasteiger partial charge on any atom is -0.368 e. The Labute approximate surface area is 148 Å². The molecule has 0 aliphatic rings. The molecular weight excluding hydrogens is 338 g/mol. The zero-order valence-electron chi connectivity index (χ0n) is 13.7. The molecule has 25 heavy (non-hydrogen) atoms. The van der Waals surface area contributed by atoms with Crippen molar-refractivity contribution in [2.24, 2.45) is 11.5 Å². The molecule has 2 atom stereocenters. The number of hydrogen-bond donors (Lipinski definition) is 4. The van der Waals surface area contributed by atoms with Crippen LogP contribution in [0, 0.1) is 0 Å². The molecule has 0 saturated carbocycles. The average Bonchev–Trinajstić information content (AvgIpc) is 3.21. The van der Waals surface area contributed by atoms with Gasteiger partial charge in [-0.3, -0.25) is 9.59 Å². The van der Waals surface area contributed by atoms with E-state index in [1.54, 1.807) is 12.3 Å². The average molecular weight is 357 g/mol. The van der Waals surface area contributed by atoms with Crippen LogP contribution in [0.3, 0.4) is 0 Å². The highest BCUT2D eigenvalue weighted by Gasteiger charge is 2.22. The van der Waals surface area contributed by atoms with E-state index in [0.717, 1.165) is 16.5 Å². The first kappa shape index (κ1) is 17.1. The Morgan fingerprint density at radius 3 is 2.80 bits per heavy atom. The molecular formula is C17H19N5O2S. The number of rotatable bonds is 6. The van der Waals surface area contributed by atoms with Crippen molar-refractivity contribution in [3.05, 3.63) is 52.1 Å². The highest BCUT2D eigenvalue weighted by atomic mass is 32.1. The van der Waals surface area contributed by atoms with Gasteiger partial charge in [0.25, 0.3) is 5.91 Å². The molecule has 2 aromatic heterocycles. The Morgan fingerprint density at radius 1 is 1.36 bits per heavy atom. The second-order valence-corrected chi connectivity index (χ2v) is 6.74. The second-order valence-electron chi connectivity index (χ2n) is 5.85. The van der Waals surface area contributed by atoms with E-state index in [1.807, 2.05) is 30.5 Å². The van der Waals surface area contributed by atoms with Gasteiger partial charge in [0.1, 0.15) is 16.7 Å². The summed E-state index contributed by atoms with van der Waals surface area (Å²) in [5.41, 5.74) is 13.3. The van der Waals surface area contributed by atoms with Crippen LogP contribution in [0.5, 0.6) is 0 Å². The van der Waals surface area contributed by atoms with E-state index in [2.05, 4.69) is 15.3 Å². The Morgan fingerprint density at radius 2 is 2.12 bits per heavy atom. The van der Waals surface area contributed by atoms with Crippen molar-refractivity contribution in [1.29, 1.82) is 0 Å². The third-order valence-electron chi connectivity index (χ3n) is 3.89. The van der Waals surface area contributed by atoms with Crippen LogP contribution >= 0.6 is 11.3 Å². The molecule has 3 aromatic rings. The predicted octanol–water partition coefficient (Wildman–Crippen LogP) is 1.47. The highest BCUT2D eigenvalue weighted by Crippen LogP contribution is 2.20. The number of hydrogen-bond acceptors (Lipinski definition) is 5. The van der Waals surface area contributed by atoms with Crippen molar-refractivity contribution in [3.63, 3.8) is 0 Å². The molecule has 7 nitrogen and oxygen atoms in total. The van der Waals surface area contributed by atoms with Crippen molar-refractivity contribution in [3.8, 4) is 0 Å². The van der Waals surface area contributed by atoms with Gasteiger partial charge in [-0.1, -0.05) is 18.2 Å². The number of H-pyrrole nitrogens is 1. The summed E-state index contributed by atoms with van der Waals surface area (Å²) < 4.78 is 0. The van der Waals surface area contributed by atoms with Gasteiger partial charge in [0.05, 0.1) is 6.04 Å². The zero-order chi connectivity index (χ0) is 18.0. The third kappa shape index (κ3) is 3.70. The molecule has 3 rings (SSSR count). The van der Waals surface area contributed by atoms with Gasteiger partial charge in [0, 0.05) is 28.9 Å². The maximum absolute atomic E-state index is 12.4. The van der Waals surface area contributed by atoms with Gasteiger partial charge in [-0.2, -0.15) is 0 Å². The Balaban J connectivity index is 1.77. The molecule has 8 heteroatoms. The van der Waals surface area contributed by atoms with Crippen LogP contribution in [0.25, 0.3) is 10.9 Å². The Bertz CT molecular complexity index is 915. The molecule has 0 saturated heterocycles. The molecule has 2 heterocycles. The summed E-state index contributed by atoms with van der Waals surface area (Å²) in [6, 6.07) is 6.67. The lowest BCUT2D eigenvalue weighted by atomic mass is 10.0. The van der Waals surface area contributed by atoms with Gasteiger partial charge in [-0.25, -0.2) is 4.98 Å². The smallest absolute Gasteiger partial charge is 0.271 e. The third-order valence-corrected chi connectivity index (χ3v) is 4.94. The van der Waals surface area contributed by atoms with E-state index in [1.165, 1.54) is 11.3 Å². The molecule has 2 amide bonds. The Kier molecular flexibility index (Phi) is 4.82. The summed E-state index contributed by atoms with van der Waals surface area (Å²) in [6.07, 6.45) is 2.12. The van der Waals surface area contributed by atoms with Crippen LogP contribution in [-0.4, -0.2) is 27.8 Å². The second kappa shape index (κ2) is 7.04. The van der Waals surface area contributed by atoms with Crippen molar-refractivity contribution in [2.75, 3.05) is 0 Å². The lowest BCUT2D eigenvalue weighted by molar-refractivity contribution is -0.119. The van der Waals surface area contributed by atoms with E-state index in [-0.39, 0.29) is 11.7 Å². The van der Waals surface area contributed by atoms with E-state index in [0.29, 0.717) is 11.4 Å². The molecule has 6 N–H and O–H groups in total. The SMILES string of the molecule is CC(N)c1nc(C(=O)NC(Cc2c[nH]c3ccccc23)C(N)=O)cs1. The van der Waals surface area contributed by atoms with Gasteiger partial charge in [0.2, 0.25) is 5.91 Å². The molecule has 0 radical (unpaired) electrons. The van der Waals surface area contributed by atoms with Gasteiger partial charge < -0.3 is 21.8 Å². The fraction of sp³-hybridized carbons (Fsp3) is 0.235. The van der Waals surface area contributed by atoms with E-state index in [9.17, 15) is 9.59 Å². The number of amides is 2. The molecule has 0 aliphatic carbocycles. The Hall–Kier alpha value is -2.71. The number of thiazole rings is 1. The normalized spacial score (nSPS) is 13.5. The van der Waals surface area contributed by atoms with E-state index in [4.69, 9.17) is 11.5 Å². The maximum atomic E-state index is 12.4. The number of para-hydroxylation sites is 1. The molecule has 2 unspecified atom stereocenters. The van der Waals surface area contributed by atoms with Crippen LogP contribution < -0.4 is 16.8 Å². The topological polar surface area (TPSA) is 127 Å². The fourth-order valence-electron chi connectivity index (χ4n) is 2.58. The minimum absolute atomic E-state index is 0.238. The summed E-state index contributed by atoms with van der Waals surface area (Å²) >= 11 is 1.31. The van der Waals surface area contributed by atoms with Crippen LogP contribution in [0.2, 0.25) is 0 Å². The van der Waals surface area contributed by atoms with E-state index < -0.39 is 17.9 Å². The minimum atomic E-state index is -0.827. The van der Waals surface area contributed by atoms with Crippen molar-refractivity contribution in [1.82, 2.24) is 15.3 Å². The lowest BCUT2D eigenvalue weighted by Gasteiger charge is -2.14. The van der Waals surface area contributed by atoms with Crippen LogP contribution in [0.1, 0.15) is 34.0 Å². The standard InChI is InChI=1S/C17H19N5O2S/c1-9(18)17-22-14(8-25-17)16(24)21-13(15(19)23)6-10-7-20-12-5-3-2-4-11(10)12/h2-5,7-9,13,20H,6,18H2,1H3,(H2,19,23)(H,21,24). The number of nitrogens with one attached hydrogen (secondary N) is 2. The number of nitrogens with zero attached hydrogens (tertiary/aromatic N) is 1. The monoisotopic (exact) mass is 357 g/mol. The van der Waals surface area contributed by atoms with Crippen LogP contribution in [0.15, 0.2) is 35.8 Å².